The zero-order valence-corrected chi connectivity index (χ0v) is 13.7. The van der Waals surface area contributed by atoms with Crippen LogP contribution in [-0.4, -0.2) is 18.5 Å². The summed E-state index contributed by atoms with van der Waals surface area (Å²) in [6.07, 6.45) is 3.20. The van der Waals surface area contributed by atoms with E-state index in [4.69, 9.17) is 21.1 Å². The average Bonchev–Trinajstić information content (AvgIpc) is 2.50. The number of hydrogen-bond acceptors (Lipinski definition) is 4. The molecule has 1 aliphatic carbocycles. The van der Waals surface area contributed by atoms with Gasteiger partial charge in [0.05, 0.1) is 18.4 Å². The molecule has 120 valence electrons. The molecule has 0 bridgehead atoms. The Balaban J connectivity index is 2.10. The molecule has 0 aromatic heterocycles. The van der Waals surface area contributed by atoms with E-state index in [-0.39, 0.29) is 11.9 Å². The Hall–Kier alpha value is -1.55. The van der Waals surface area contributed by atoms with Crippen LogP contribution in [0, 0.1) is 18.8 Å². The molecule has 2 unspecified atom stereocenters. The molecule has 1 aromatic rings. The molecule has 1 saturated carbocycles. The van der Waals surface area contributed by atoms with Crippen LogP contribution in [0.25, 0.3) is 0 Å². The van der Waals surface area contributed by atoms with E-state index in [0.29, 0.717) is 30.2 Å². The predicted molar refractivity (Wildman–Crippen MR) is 83.9 cm³/mol. The molecular weight excluding hydrogens is 304 g/mol. The highest BCUT2D eigenvalue weighted by atomic mass is 35.5. The van der Waals surface area contributed by atoms with Gasteiger partial charge in [0, 0.05) is 5.02 Å². The lowest BCUT2D eigenvalue weighted by molar-refractivity contribution is -0.158. The number of aryl methyl sites for hydroxylation is 1. The predicted octanol–water partition coefficient (Wildman–Crippen LogP) is 3.92. The molecule has 0 saturated heterocycles. The molecule has 1 aromatic carbocycles. The monoisotopic (exact) mass is 324 g/mol. The van der Waals surface area contributed by atoms with E-state index in [1.165, 1.54) is 0 Å². The van der Waals surface area contributed by atoms with E-state index in [1.54, 1.807) is 25.1 Å². The summed E-state index contributed by atoms with van der Waals surface area (Å²) in [7, 11) is 0. The fraction of sp³-hybridized carbons (Fsp3) is 0.529. The number of halogens is 1. The third kappa shape index (κ3) is 4.01. The molecule has 0 radical (unpaired) electrons. The van der Waals surface area contributed by atoms with E-state index in [0.717, 1.165) is 18.4 Å². The van der Waals surface area contributed by atoms with Gasteiger partial charge >= 0.3 is 11.9 Å². The number of rotatable bonds is 4. The first-order valence-corrected chi connectivity index (χ1v) is 8.05. The van der Waals surface area contributed by atoms with E-state index in [2.05, 4.69) is 0 Å². The quantitative estimate of drug-likeness (QED) is 0.622. The molecule has 0 heterocycles. The van der Waals surface area contributed by atoms with Crippen LogP contribution in [0.3, 0.4) is 0 Å². The van der Waals surface area contributed by atoms with Crippen molar-refractivity contribution in [2.45, 2.75) is 39.5 Å². The summed E-state index contributed by atoms with van der Waals surface area (Å²) in [4.78, 5) is 24.5. The third-order valence-electron chi connectivity index (χ3n) is 4.01. The Morgan fingerprint density at radius 3 is 2.41 bits per heavy atom. The summed E-state index contributed by atoms with van der Waals surface area (Å²) in [5.74, 6) is -0.987. The van der Waals surface area contributed by atoms with Gasteiger partial charge < -0.3 is 9.47 Å². The van der Waals surface area contributed by atoms with Gasteiger partial charge in [-0.05, 0) is 50.5 Å². The standard InChI is InChI=1S/C17H21ClO4/c1-3-21-16(19)13-6-4-5-7-14(13)17(20)22-15-9-8-12(18)10-11(15)2/h8-10,13-14H,3-7H2,1-2H3. The van der Waals surface area contributed by atoms with Crippen molar-refractivity contribution in [3.05, 3.63) is 28.8 Å². The van der Waals surface area contributed by atoms with Crippen molar-refractivity contribution >= 4 is 23.5 Å². The minimum atomic E-state index is -0.428. The Labute approximate surface area is 135 Å². The van der Waals surface area contributed by atoms with Crippen LogP contribution in [0.4, 0.5) is 0 Å². The van der Waals surface area contributed by atoms with Gasteiger partial charge in [0.15, 0.2) is 0 Å². The maximum Gasteiger partial charge on any atom is 0.315 e. The first-order valence-electron chi connectivity index (χ1n) is 7.67. The summed E-state index contributed by atoms with van der Waals surface area (Å²) in [5, 5.41) is 0.597. The molecule has 2 atom stereocenters. The van der Waals surface area contributed by atoms with E-state index in [9.17, 15) is 9.59 Å². The number of benzene rings is 1. The number of esters is 2. The summed E-state index contributed by atoms with van der Waals surface area (Å²) in [6.45, 7) is 3.93. The molecule has 0 spiro atoms. The minimum absolute atomic E-state index is 0.294. The molecule has 5 heteroatoms. The SMILES string of the molecule is CCOC(=O)C1CCCCC1C(=O)Oc1ccc(Cl)cc1C. The van der Waals surface area contributed by atoms with Crippen molar-refractivity contribution < 1.29 is 19.1 Å². The molecule has 0 aliphatic heterocycles. The first kappa shape index (κ1) is 16.8. The van der Waals surface area contributed by atoms with Crippen molar-refractivity contribution in [2.75, 3.05) is 6.61 Å². The normalized spacial score (nSPS) is 21.2. The maximum absolute atomic E-state index is 12.5. The molecule has 22 heavy (non-hydrogen) atoms. The summed E-state index contributed by atoms with van der Waals surface area (Å²) in [6, 6.07) is 5.10. The number of hydrogen-bond donors (Lipinski definition) is 0. The highest BCUT2D eigenvalue weighted by Gasteiger charge is 2.38. The van der Waals surface area contributed by atoms with Crippen LogP contribution in [0.2, 0.25) is 5.02 Å². The van der Waals surface area contributed by atoms with E-state index in [1.807, 2.05) is 6.92 Å². The lowest BCUT2D eigenvalue weighted by atomic mass is 9.79. The maximum atomic E-state index is 12.5. The molecular formula is C17H21ClO4. The van der Waals surface area contributed by atoms with Gasteiger partial charge in [-0.3, -0.25) is 9.59 Å². The van der Waals surface area contributed by atoms with Crippen LogP contribution in [0.1, 0.15) is 38.2 Å². The second kappa shape index (κ2) is 7.63. The van der Waals surface area contributed by atoms with Crippen molar-refractivity contribution in [1.29, 1.82) is 0 Å². The molecule has 0 amide bonds. The van der Waals surface area contributed by atoms with Gasteiger partial charge in [-0.15, -0.1) is 0 Å². The molecule has 1 aliphatic rings. The van der Waals surface area contributed by atoms with Crippen molar-refractivity contribution in [1.82, 2.24) is 0 Å². The van der Waals surface area contributed by atoms with Crippen LogP contribution in [-0.2, 0) is 14.3 Å². The molecule has 4 nitrogen and oxygen atoms in total. The van der Waals surface area contributed by atoms with Crippen molar-refractivity contribution in [3.63, 3.8) is 0 Å². The topological polar surface area (TPSA) is 52.6 Å². The Morgan fingerprint density at radius 2 is 1.82 bits per heavy atom. The summed E-state index contributed by atoms with van der Waals surface area (Å²) < 4.78 is 10.6. The van der Waals surface area contributed by atoms with Crippen LogP contribution >= 0.6 is 11.6 Å². The highest BCUT2D eigenvalue weighted by molar-refractivity contribution is 6.30. The van der Waals surface area contributed by atoms with Crippen molar-refractivity contribution in [3.8, 4) is 5.75 Å². The van der Waals surface area contributed by atoms with Crippen LogP contribution in [0.15, 0.2) is 18.2 Å². The second-order valence-corrected chi connectivity index (χ2v) is 6.02. The number of ether oxygens (including phenoxy) is 2. The van der Waals surface area contributed by atoms with Gasteiger partial charge in [0.25, 0.3) is 0 Å². The van der Waals surface area contributed by atoms with Gasteiger partial charge in [0.1, 0.15) is 5.75 Å². The van der Waals surface area contributed by atoms with Gasteiger partial charge in [-0.25, -0.2) is 0 Å². The van der Waals surface area contributed by atoms with Gasteiger partial charge in [-0.2, -0.15) is 0 Å². The largest absolute Gasteiger partial charge is 0.466 e. The lowest BCUT2D eigenvalue weighted by Gasteiger charge is -2.28. The highest BCUT2D eigenvalue weighted by Crippen LogP contribution is 2.33. The fourth-order valence-corrected chi connectivity index (χ4v) is 3.08. The number of carbonyl (C=O) groups is 2. The smallest absolute Gasteiger partial charge is 0.315 e. The molecule has 2 rings (SSSR count). The first-order chi connectivity index (χ1) is 10.5. The van der Waals surface area contributed by atoms with Crippen molar-refractivity contribution in [2.24, 2.45) is 11.8 Å². The van der Waals surface area contributed by atoms with Crippen LogP contribution < -0.4 is 4.74 Å². The van der Waals surface area contributed by atoms with Gasteiger partial charge in [0.2, 0.25) is 0 Å². The Bertz CT molecular complexity index is 556. The van der Waals surface area contributed by atoms with E-state index < -0.39 is 11.8 Å². The van der Waals surface area contributed by atoms with E-state index >= 15 is 0 Å². The Morgan fingerprint density at radius 1 is 1.18 bits per heavy atom. The zero-order valence-electron chi connectivity index (χ0n) is 12.9. The minimum Gasteiger partial charge on any atom is -0.466 e. The number of carbonyl (C=O) groups excluding carboxylic acids is 2. The Kier molecular flexibility index (Phi) is 5.83. The average molecular weight is 325 g/mol. The summed E-state index contributed by atoms with van der Waals surface area (Å²) >= 11 is 5.90. The lowest BCUT2D eigenvalue weighted by Crippen LogP contribution is -2.36. The zero-order chi connectivity index (χ0) is 16.1. The molecule has 0 N–H and O–H groups in total. The fourth-order valence-electron chi connectivity index (χ4n) is 2.86. The van der Waals surface area contributed by atoms with Gasteiger partial charge in [-0.1, -0.05) is 24.4 Å². The second-order valence-electron chi connectivity index (χ2n) is 5.58. The third-order valence-corrected chi connectivity index (χ3v) is 4.24. The molecule has 1 fully saturated rings. The van der Waals surface area contributed by atoms with Crippen LogP contribution in [0.5, 0.6) is 5.75 Å². The summed E-state index contributed by atoms with van der Waals surface area (Å²) in [5.41, 5.74) is 0.796.